The Kier molecular flexibility index (Phi) is 5.71. The van der Waals surface area contributed by atoms with E-state index in [1.165, 1.54) is 6.92 Å². The lowest BCUT2D eigenvalue weighted by atomic mass is 9.98. The van der Waals surface area contributed by atoms with Gasteiger partial charge in [0.1, 0.15) is 12.1 Å². The first-order valence-electron chi connectivity index (χ1n) is 6.16. The van der Waals surface area contributed by atoms with Crippen molar-refractivity contribution < 1.29 is 29.0 Å². The zero-order valence-electron chi connectivity index (χ0n) is 11.8. The first kappa shape index (κ1) is 16.5. The van der Waals surface area contributed by atoms with Crippen molar-refractivity contribution in [2.45, 2.75) is 25.5 Å². The molecule has 0 bridgehead atoms. The molecule has 0 aliphatic heterocycles. The van der Waals surface area contributed by atoms with E-state index < -0.39 is 30.0 Å². The number of hydrogen-bond donors (Lipinski definition) is 2. The van der Waals surface area contributed by atoms with Crippen LogP contribution in [-0.2, 0) is 25.7 Å². The largest absolute Gasteiger partial charge is 0.479 e. The fourth-order valence-electron chi connectivity index (χ4n) is 1.52. The number of aliphatic carboxylic acids is 1. The number of carboxylic acids is 1. The molecule has 0 saturated carbocycles. The Labute approximate surface area is 121 Å². The lowest BCUT2D eigenvalue weighted by Gasteiger charge is -2.24. The van der Waals surface area contributed by atoms with Gasteiger partial charge in [-0.15, -0.1) is 0 Å². The maximum Gasteiger partial charge on any atom is 0.408 e. The number of hydrogen-bond acceptors (Lipinski definition) is 5. The average Bonchev–Trinajstić information content (AvgIpc) is 2.45. The highest BCUT2D eigenvalue weighted by atomic mass is 16.5. The lowest BCUT2D eigenvalue weighted by molar-refractivity contribution is -0.151. The number of methoxy groups -OCH3 is 1. The third-order valence-electron chi connectivity index (χ3n) is 2.79. The van der Waals surface area contributed by atoms with E-state index in [0.29, 0.717) is 0 Å². The van der Waals surface area contributed by atoms with Crippen molar-refractivity contribution in [3.8, 4) is 0 Å². The standard InChI is InChI=1S/C14H17NO6/c1-14(12(17)18,8-11(16)20-2)15-13(19)21-9-10-6-4-3-5-7-10/h3-7H,8-9H2,1-2H3,(H,15,19)(H,17,18)/t14-/m1/s1. The highest BCUT2D eigenvalue weighted by Crippen LogP contribution is 2.12. The molecule has 21 heavy (non-hydrogen) atoms. The predicted molar refractivity (Wildman–Crippen MR) is 72.4 cm³/mol. The second-order valence-corrected chi connectivity index (χ2v) is 4.58. The van der Waals surface area contributed by atoms with Crippen LogP contribution in [0.5, 0.6) is 0 Å². The molecule has 0 radical (unpaired) electrons. The van der Waals surface area contributed by atoms with Gasteiger partial charge in [-0.2, -0.15) is 0 Å². The zero-order valence-corrected chi connectivity index (χ0v) is 11.8. The molecular weight excluding hydrogens is 278 g/mol. The topological polar surface area (TPSA) is 102 Å². The van der Waals surface area contributed by atoms with Gasteiger partial charge in [-0.05, 0) is 12.5 Å². The number of rotatable bonds is 6. The molecule has 0 aromatic heterocycles. The summed E-state index contributed by atoms with van der Waals surface area (Å²) >= 11 is 0. The molecule has 0 fully saturated rings. The highest BCUT2D eigenvalue weighted by molar-refractivity contribution is 5.88. The number of alkyl carbamates (subject to hydrolysis) is 1. The van der Waals surface area contributed by atoms with Crippen molar-refractivity contribution in [2.24, 2.45) is 0 Å². The van der Waals surface area contributed by atoms with Gasteiger partial charge >= 0.3 is 18.0 Å². The van der Waals surface area contributed by atoms with Crippen LogP contribution in [0.1, 0.15) is 18.9 Å². The number of ether oxygens (including phenoxy) is 2. The number of benzene rings is 1. The van der Waals surface area contributed by atoms with E-state index in [1.54, 1.807) is 24.3 Å². The van der Waals surface area contributed by atoms with E-state index in [-0.39, 0.29) is 6.61 Å². The molecule has 0 aliphatic carbocycles. The van der Waals surface area contributed by atoms with Crippen LogP contribution in [-0.4, -0.2) is 35.8 Å². The molecule has 114 valence electrons. The third kappa shape index (κ3) is 5.13. The minimum absolute atomic E-state index is 0.000592. The summed E-state index contributed by atoms with van der Waals surface area (Å²) in [5.74, 6) is -2.10. The molecule has 1 amide bonds. The van der Waals surface area contributed by atoms with Gasteiger partial charge in [0.2, 0.25) is 0 Å². The molecule has 1 aromatic carbocycles. The summed E-state index contributed by atoms with van der Waals surface area (Å²) < 4.78 is 9.34. The molecule has 7 nitrogen and oxygen atoms in total. The van der Waals surface area contributed by atoms with Crippen molar-refractivity contribution in [2.75, 3.05) is 7.11 Å². The molecule has 0 heterocycles. The molecule has 1 aromatic rings. The first-order valence-corrected chi connectivity index (χ1v) is 6.16. The van der Waals surface area contributed by atoms with Gasteiger partial charge < -0.3 is 19.9 Å². The van der Waals surface area contributed by atoms with Crippen LogP contribution in [0.25, 0.3) is 0 Å². The summed E-state index contributed by atoms with van der Waals surface area (Å²) in [7, 11) is 1.14. The number of carbonyl (C=O) groups is 3. The first-order chi connectivity index (χ1) is 9.87. The maximum atomic E-state index is 11.7. The molecule has 0 unspecified atom stereocenters. The summed E-state index contributed by atoms with van der Waals surface area (Å²) in [5, 5.41) is 11.3. The van der Waals surface area contributed by atoms with Gasteiger partial charge in [0.05, 0.1) is 13.5 Å². The SMILES string of the molecule is COC(=O)C[C@@](C)(NC(=O)OCc1ccccc1)C(=O)O. The summed E-state index contributed by atoms with van der Waals surface area (Å²) in [6.45, 7) is 1.20. The normalized spacial score (nSPS) is 12.9. The van der Waals surface area contributed by atoms with Crippen LogP contribution in [0.2, 0.25) is 0 Å². The van der Waals surface area contributed by atoms with Gasteiger partial charge in [-0.1, -0.05) is 30.3 Å². The third-order valence-corrected chi connectivity index (χ3v) is 2.79. The minimum atomic E-state index is -1.79. The minimum Gasteiger partial charge on any atom is -0.479 e. The van der Waals surface area contributed by atoms with Crippen molar-refractivity contribution in [1.29, 1.82) is 0 Å². The number of carboxylic acid groups (broad SMARTS) is 1. The Morgan fingerprint density at radius 1 is 1.24 bits per heavy atom. The molecule has 1 atom stereocenters. The van der Waals surface area contributed by atoms with E-state index in [2.05, 4.69) is 10.1 Å². The van der Waals surface area contributed by atoms with Gasteiger partial charge in [0, 0.05) is 0 Å². The Morgan fingerprint density at radius 2 is 1.86 bits per heavy atom. The fourth-order valence-corrected chi connectivity index (χ4v) is 1.52. The van der Waals surface area contributed by atoms with E-state index >= 15 is 0 Å². The van der Waals surface area contributed by atoms with Gasteiger partial charge in [-0.25, -0.2) is 9.59 Å². The summed E-state index contributed by atoms with van der Waals surface area (Å²) in [4.78, 5) is 34.1. The quantitative estimate of drug-likeness (QED) is 0.767. The second-order valence-electron chi connectivity index (χ2n) is 4.58. The van der Waals surface area contributed by atoms with Crippen molar-refractivity contribution in [3.05, 3.63) is 35.9 Å². The van der Waals surface area contributed by atoms with E-state index in [9.17, 15) is 14.4 Å². The predicted octanol–water partition coefficient (Wildman–Crippen LogP) is 1.32. The van der Waals surface area contributed by atoms with Crippen molar-refractivity contribution in [1.82, 2.24) is 5.32 Å². The van der Waals surface area contributed by atoms with Crippen LogP contribution in [0.4, 0.5) is 4.79 Å². The second kappa shape index (κ2) is 7.28. The molecule has 7 heteroatoms. The summed E-state index contributed by atoms with van der Waals surface area (Å²) in [6.07, 6.45) is -1.42. The van der Waals surface area contributed by atoms with Gasteiger partial charge in [0.25, 0.3) is 0 Å². The number of carbonyl (C=O) groups excluding carboxylic acids is 2. The molecule has 2 N–H and O–H groups in total. The number of nitrogens with one attached hydrogen (secondary N) is 1. The smallest absolute Gasteiger partial charge is 0.408 e. The zero-order chi connectivity index (χ0) is 15.9. The molecule has 0 aliphatic rings. The highest BCUT2D eigenvalue weighted by Gasteiger charge is 2.38. The molecule has 1 rings (SSSR count). The van der Waals surface area contributed by atoms with Gasteiger partial charge in [-0.3, -0.25) is 4.79 Å². The Morgan fingerprint density at radius 3 is 2.38 bits per heavy atom. The Balaban J connectivity index is 2.60. The maximum absolute atomic E-state index is 11.7. The number of esters is 1. The van der Waals surface area contributed by atoms with Crippen LogP contribution in [0.15, 0.2) is 30.3 Å². The Bertz CT molecular complexity index is 515. The van der Waals surface area contributed by atoms with Crippen LogP contribution in [0.3, 0.4) is 0 Å². The molecular formula is C14H17NO6. The van der Waals surface area contributed by atoms with E-state index in [1.807, 2.05) is 6.07 Å². The van der Waals surface area contributed by atoms with Crippen LogP contribution >= 0.6 is 0 Å². The fraction of sp³-hybridized carbons (Fsp3) is 0.357. The van der Waals surface area contributed by atoms with E-state index in [0.717, 1.165) is 12.7 Å². The summed E-state index contributed by atoms with van der Waals surface area (Å²) in [6, 6.07) is 8.92. The van der Waals surface area contributed by atoms with Crippen molar-refractivity contribution >= 4 is 18.0 Å². The lowest BCUT2D eigenvalue weighted by Crippen LogP contribution is -2.53. The number of amides is 1. The summed E-state index contributed by atoms with van der Waals surface area (Å²) in [5.41, 5.74) is -1.03. The molecule has 0 spiro atoms. The van der Waals surface area contributed by atoms with Crippen LogP contribution < -0.4 is 5.32 Å². The average molecular weight is 295 g/mol. The monoisotopic (exact) mass is 295 g/mol. The van der Waals surface area contributed by atoms with Crippen LogP contribution in [0, 0.1) is 0 Å². The van der Waals surface area contributed by atoms with Crippen molar-refractivity contribution in [3.63, 3.8) is 0 Å². The Hall–Kier alpha value is -2.57. The van der Waals surface area contributed by atoms with Gasteiger partial charge in [0.15, 0.2) is 0 Å². The molecule has 0 saturated heterocycles. The van der Waals surface area contributed by atoms with E-state index in [4.69, 9.17) is 9.84 Å².